The summed E-state index contributed by atoms with van der Waals surface area (Å²) in [6.07, 6.45) is 0.260. The van der Waals surface area contributed by atoms with Crippen molar-refractivity contribution in [2.75, 3.05) is 24.1 Å². The van der Waals surface area contributed by atoms with Gasteiger partial charge < -0.3 is 20.7 Å². The lowest BCUT2D eigenvalue weighted by molar-refractivity contribution is 0.0293. The van der Waals surface area contributed by atoms with Crippen LogP contribution in [0.5, 0.6) is 0 Å². The predicted octanol–water partition coefficient (Wildman–Crippen LogP) is 3.66. The van der Waals surface area contributed by atoms with Crippen molar-refractivity contribution in [1.29, 1.82) is 0 Å². The quantitative estimate of drug-likeness (QED) is 0.727. The fourth-order valence-corrected chi connectivity index (χ4v) is 3.84. The van der Waals surface area contributed by atoms with E-state index in [2.05, 4.69) is 10.3 Å². The third kappa shape index (κ3) is 4.81. The Morgan fingerprint density at radius 1 is 1.31 bits per heavy atom. The molecule has 1 aromatic carbocycles. The fraction of sp³-hybridized carbons (Fsp3) is 0.421. The molecule has 156 valence electrons. The van der Waals surface area contributed by atoms with Crippen LogP contribution in [0.15, 0.2) is 18.2 Å². The maximum Gasteiger partial charge on any atom is 0.410 e. The number of amides is 1. The topological polar surface area (TPSA) is 97.6 Å². The van der Waals surface area contributed by atoms with Crippen LogP contribution in [0.1, 0.15) is 42.4 Å². The summed E-state index contributed by atoms with van der Waals surface area (Å²) in [6, 6.07) is 3.09. The Morgan fingerprint density at radius 2 is 1.97 bits per heavy atom. The molecule has 0 spiro atoms. The summed E-state index contributed by atoms with van der Waals surface area (Å²) in [7, 11) is 0. The summed E-state index contributed by atoms with van der Waals surface area (Å²) < 4.78 is 33.2. The van der Waals surface area contributed by atoms with Crippen LogP contribution in [-0.4, -0.2) is 46.5 Å². The average Bonchev–Trinajstić information content (AvgIpc) is 3.20. The minimum Gasteiger partial charge on any atom is -0.444 e. The van der Waals surface area contributed by atoms with Gasteiger partial charge in [0.2, 0.25) is 5.78 Å². The van der Waals surface area contributed by atoms with Gasteiger partial charge in [-0.3, -0.25) is 4.79 Å². The molecule has 0 saturated carbocycles. The number of aromatic nitrogens is 1. The molecule has 1 saturated heterocycles. The molecule has 0 bridgehead atoms. The molecule has 2 aromatic rings. The molecule has 1 aliphatic heterocycles. The Bertz CT molecular complexity index is 922. The van der Waals surface area contributed by atoms with Crippen molar-refractivity contribution >= 4 is 34.2 Å². The van der Waals surface area contributed by atoms with Crippen LogP contribution >= 0.6 is 11.3 Å². The number of rotatable bonds is 4. The molecule has 7 nitrogen and oxygen atoms in total. The third-order valence-corrected chi connectivity index (χ3v) is 5.22. The van der Waals surface area contributed by atoms with Crippen LogP contribution in [-0.2, 0) is 4.74 Å². The highest BCUT2D eigenvalue weighted by Crippen LogP contribution is 2.30. The van der Waals surface area contributed by atoms with Crippen LogP contribution < -0.4 is 11.1 Å². The molecule has 3 rings (SSSR count). The van der Waals surface area contributed by atoms with Crippen molar-refractivity contribution in [2.24, 2.45) is 0 Å². The number of carbonyl (C=O) groups is 2. The van der Waals surface area contributed by atoms with E-state index >= 15 is 0 Å². The second-order valence-corrected chi connectivity index (χ2v) is 8.71. The zero-order chi connectivity index (χ0) is 21.3. The van der Waals surface area contributed by atoms with Gasteiger partial charge in [0.15, 0.2) is 5.13 Å². The summed E-state index contributed by atoms with van der Waals surface area (Å²) in [5.41, 5.74) is 4.57. The van der Waals surface area contributed by atoms with Crippen LogP contribution in [0.4, 0.5) is 24.5 Å². The molecule has 1 aliphatic rings. The van der Waals surface area contributed by atoms with Gasteiger partial charge in [-0.15, -0.1) is 0 Å². The lowest BCUT2D eigenvalue weighted by atomic mass is 10.1. The van der Waals surface area contributed by atoms with E-state index in [9.17, 15) is 18.4 Å². The predicted molar refractivity (Wildman–Crippen MR) is 106 cm³/mol. The molecule has 29 heavy (non-hydrogen) atoms. The van der Waals surface area contributed by atoms with Crippen molar-refractivity contribution < 1.29 is 23.1 Å². The largest absolute Gasteiger partial charge is 0.444 e. The van der Waals surface area contributed by atoms with E-state index in [1.54, 1.807) is 25.7 Å². The van der Waals surface area contributed by atoms with Crippen molar-refractivity contribution in [2.45, 2.75) is 38.8 Å². The van der Waals surface area contributed by atoms with Gasteiger partial charge in [0.1, 0.15) is 27.9 Å². The van der Waals surface area contributed by atoms with Crippen molar-refractivity contribution in [3.63, 3.8) is 0 Å². The Kier molecular flexibility index (Phi) is 5.74. The molecule has 10 heteroatoms. The first kappa shape index (κ1) is 21.0. The van der Waals surface area contributed by atoms with Gasteiger partial charge >= 0.3 is 6.09 Å². The number of halogens is 2. The number of ketones is 1. The summed E-state index contributed by atoms with van der Waals surface area (Å²) in [6.45, 7) is 6.31. The van der Waals surface area contributed by atoms with E-state index in [1.165, 1.54) is 6.07 Å². The molecule has 1 atom stereocenters. The molecule has 2 heterocycles. The molecule has 1 amide bonds. The van der Waals surface area contributed by atoms with E-state index in [0.29, 0.717) is 24.6 Å². The number of carbonyl (C=O) groups excluding carboxylic acids is 2. The molecule has 1 aromatic heterocycles. The van der Waals surface area contributed by atoms with E-state index in [-0.39, 0.29) is 16.7 Å². The standard InChI is InChI=1S/C19H22F2N4O3S/c1-19(2,3)28-18(27)25-8-7-10(9-25)23-17-24-16(22)15(29-17)14(26)13-11(20)5-4-6-12(13)21/h4-6,10H,7-9,22H2,1-3H3,(H,23,24). The minimum atomic E-state index is -0.957. The molecular formula is C19H22F2N4O3S. The maximum absolute atomic E-state index is 13.9. The highest BCUT2D eigenvalue weighted by Gasteiger charge is 2.31. The Hall–Kier alpha value is -2.75. The lowest BCUT2D eigenvalue weighted by Gasteiger charge is -2.24. The number of hydrogen-bond acceptors (Lipinski definition) is 7. The maximum atomic E-state index is 13.9. The number of ether oxygens (including phenoxy) is 1. The second-order valence-electron chi connectivity index (χ2n) is 7.72. The summed E-state index contributed by atoms with van der Waals surface area (Å²) in [5, 5.41) is 3.47. The van der Waals surface area contributed by atoms with Gasteiger partial charge in [0.05, 0.1) is 5.56 Å². The number of thiazole rings is 1. The van der Waals surface area contributed by atoms with Gasteiger partial charge in [-0.2, -0.15) is 0 Å². The number of nitrogens with zero attached hydrogens (tertiary/aromatic N) is 2. The Morgan fingerprint density at radius 3 is 2.59 bits per heavy atom. The zero-order valence-corrected chi connectivity index (χ0v) is 17.1. The highest BCUT2D eigenvalue weighted by molar-refractivity contribution is 7.18. The Labute approximate surface area is 170 Å². The SMILES string of the molecule is CC(C)(C)OC(=O)N1CCC(Nc2nc(N)c(C(=O)c3c(F)cccc3F)s2)C1. The first-order valence-corrected chi connectivity index (χ1v) is 9.86. The van der Waals surface area contributed by atoms with E-state index in [1.807, 2.05) is 0 Å². The van der Waals surface area contributed by atoms with Gasteiger partial charge in [-0.05, 0) is 39.3 Å². The number of nitrogen functional groups attached to an aromatic ring is 1. The fourth-order valence-electron chi connectivity index (χ4n) is 2.93. The van der Waals surface area contributed by atoms with Crippen molar-refractivity contribution in [3.8, 4) is 0 Å². The summed E-state index contributed by atoms with van der Waals surface area (Å²) in [4.78, 5) is 30.3. The monoisotopic (exact) mass is 424 g/mol. The first-order chi connectivity index (χ1) is 13.5. The molecule has 1 unspecified atom stereocenters. The molecule has 1 fully saturated rings. The third-order valence-electron chi connectivity index (χ3n) is 4.22. The summed E-state index contributed by atoms with van der Waals surface area (Å²) >= 11 is 0.922. The van der Waals surface area contributed by atoms with Gasteiger partial charge in [-0.1, -0.05) is 17.4 Å². The van der Waals surface area contributed by atoms with Crippen LogP contribution in [0.25, 0.3) is 0 Å². The van der Waals surface area contributed by atoms with Gasteiger partial charge in [0, 0.05) is 19.1 Å². The van der Waals surface area contributed by atoms with Crippen LogP contribution in [0, 0.1) is 11.6 Å². The minimum absolute atomic E-state index is 0.0431. The number of benzene rings is 1. The van der Waals surface area contributed by atoms with E-state index in [4.69, 9.17) is 10.5 Å². The van der Waals surface area contributed by atoms with E-state index in [0.717, 1.165) is 23.5 Å². The average molecular weight is 424 g/mol. The van der Waals surface area contributed by atoms with E-state index < -0.39 is 34.7 Å². The number of anilines is 2. The normalized spacial score (nSPS) is 16.7. The first-order valence-electron chi connectivity index (χ1n) is 9.04. The van der Waals surface area contributed by atoms with Crippen LogP contribution in [0.2, 0.25) is 0 Å². The van der Waals surface area contributed by atoms with Crippen LogP contribution in [0.3, 0.4) is 0 Å². The number of nitrogens with one attached hydrogen (secondary N) is 1. The molecular weight excluding hydrogens is 402 g/mol. The van der Waals surface area contributed by atoms with Crippen molar-refractivity contribution in [1.82, 2.24) is 9.88 Å². The molecule has 0 radical (unpaired) electrons. The smallest absolute Gasteiger partial charge is 0.410 e. The lowest BCUT2D eigenvalue weighted by Crippen LogP contribution is -2.36. The van der Waals surface area contributed by atoms with Crippen molar-refractivity contribution in [3.05, 3.63) is 40.3 Å². The molecule has 0 aliphatic carbocycles. The number of hydrogen-bond donors (Lipinski definition) is 2. The summed E-state index contributed by atoms with van der Waals surface area (Å²) in [5.74, 6) is -2.88. The number of likely N-dealkylation sites (tertiary alicyclic amines) is 1. The molecule has 3 N–H and O–H groups in total. The van der Waals surface area contributed by atoms with Gasteiger partial charge in [-0.25, -0.2) is 18.6 Å². The zero-order valence-electron chi connectivity index (χ0n) is 16.3. The van der Waals surface area contributed by atoms with Gasteiger partial charge in [0.25, 0.3) is 0 Å². The second kappa shape index (κ2) is 7.94. The highest BCUT2D eigenvalue weighted by atomic mass is 32.1. The Balaban J connectivity index is 1.69. The number of nitrogens with two attached hydrogens (primary N) is 1.